The van der Waals surface area contributed by atoms with Gasteiger partial charge in [-0.15, -0.1) is 0 Å². The molecule has 0 saturated carbocycles. The molecule has 3 heterocycles. The molecular formula is C24H22ClN5O4S. The molecule has 0 unspecified atom stereocenters. The topological polar surface area (TPSA) is 113 Å². The van der Waals surface area contributed by atoms with Crippen molar-refractivity contribution in [2.45, 2.75) is 12.1 Å². The van der Waals surface area contributed by atoms with Gasteiger partial charge in [-0.25, -0.2) is 13.4 Å². The number of nitrogens with zero attached hydrogens (tertiary/aromatic N) is 4. The summed E-state index contributed by atoms with van der Waals surface area (Å²) < 4.78 is 28.3. The van der Waals surface area contributed by atoms with E-state index in [4.69, 9.17) is 11.6 Å². The van der Waals surface area contributed by atoms with Gasteiger partial charge in [0.1, 0.15) is 0 Å². The van der Waals surface area contributed by atoms with Crippen molar-refractivity contribution in [3.05, 3.63) is 82.2 Å². The van der Waals surface area contributed by atoms with Crippen molar-refractivity contribution in [1.29, 1.82) is 0 Å². The molecule has 1 saturated heterocycles. The Morgan fingerprint density at radius 2 is 1.77 bits per heavy atom. The van der Waals surface area contributed by atoms with E-state index in [0.717, 1.165) is 4.73 Å². The molecule has 0 spiro atoms. The van der Waals surface area contributed by atoms with E-state index >= 15 is 0 Å². The Balaban J connectivity index is 1.27. The maximum atomic E-state index is 13.1. The molecule has 1 amide bonds. The van der Waals surface area contributed by atoms with E-state index in [0.29, 0.717) is 38.6 Å². The second-order valence-electron chi connectivity index (χ2n) is 8.32. The molecule has 9 nitrogen and oxygen atoms in total. The number of aromatic nitrogens is 3. The van der Waals surface area contributed by atoms with Gasteiger partial charge in [-0.05, 0) is 48.5 Å². The molecule has 11 heteroatoms. The Morgan fingerprint density at radius 1 is 1.06 bits per heavy atom. The molecule has 4 aromatic rings. The lowest BCUT2D eigenvalue weighted by atomic mass is 10.1. The number of aromatic amines is 1. The van der Waals surface area contributed by atoms with E-state index in [1.165, 1.54) is 4.31 Å². The molecule has 1 N–H and O–H groups in total. The van der Waals surface area contributed by atoms with Gasteiger partial charge in [0.2, 0.25) is 10.9 Å². The molecule has 1 fully saturated rings. The third-order valence-corrected chi connectivity index (χ3v) is 8.05. The second-order valence-corrected chi connectivity index (χ2v) is 10.6. The summed E-state index contributed by atoms with van der Waals surface area (Å²) in [6.07, 6.45) is 0. The highest BCUT2D eigenvalue weighted by Crippen LogP contribution is 2.23. The summed E-state index contributed by atoms with van der Waals surface area (Å²) in [7, 11) is -3.84. The van der Waals surface area contributed by atoms with E-state index in [9.17, 15) is 18.4 Å². The third-order valence-electron chi connectivity index (χ3n) is 6.09. The number of sulfonamides is 1. The summed E-state index contributed by atoms with van der Waals surface area (Å²) in [6, 6.07) is 17.1. The van der Waals surface area contributed by atoms with Crippen molar-refractivity contribution in [2.75, 3.05) is 26.2 Å². The first-order chi connectivity index (χ1) is 16.7. The van der Waals surface area contributed by atoms with Crippen LogP contribution in [0.15, 0.2) is 65.8 Å². The Hall–Kier alpha value is -3.47. The molecule has 35 heavy (non-hydrogen) atoms. The van der Waals surface area contributed by atoms with Crippen molar-refractivity contribution in [2.24, 2.45) is 0 Å². The highest BCUT2D eigenvalue weighted by Gasteiger charge is 2.32. The average Bonchev–Trinajstić information content (AvgIpc) is 3.30. The van der Waals surface area contributed by atoms with Gasteiger partial charge in [-0.1, -0.05) is 11.6 Å². The summed E-state index contributed by atoms with van der Waals surface area (Å²) in [4.78, 5) is 21.7. The Morgan fingerprint density at radius 3 is 2.49 bits per heavy atom. The molecule has 1 aliphatic heterocycles. The first-order valence-corrected chi connectivity index (χ1v) is 12.8. The van der Waals surface area contributed by atoms with Gasteiger partial charge >= 0.3 is 0 Å². The normalized spacial score (nSPS) is 15.0. The van der Waals surface area contributed by atoms with Crippen LogP contribution in [0, 0.1) is 12.1 Å². The zero-order chi connectivity index (χ0) is 24.7. The number of amides is 1. The fourth-order valence-electron chi connectivity index (χ4n) is 4.12. The predicted octanol–water partition coefficient (Wildman–Crippen LogP) is 2.97. The van der Waals surface area contributed by atoms with Gasteiger partial charge in [0.25, 0.3) is 15.9 Å². The summed E-state index contributed by atoms with van der Waals surface area (Å²) in [6.45, 7) is 2.56. The molecule has 5 rings (SSSR count). The predicted molar refractivity (Wildman–Crippen MR) is 131 cm³/mol. The van der Waals surface area contributed by atoms with Crippen LogP contribution < -0.4 is 4.73 Å². The highest BCUT2D eigenvalue weighted by molar-refractivity contribution is 7.89. The molecule has 0 atom stereocenters. The van der Waals surface area contributed by atoms with Crippen LogP contribution in [0.3, 0.4) is 0 Å². The highest BCUT2D eigenvalue weighted by atomic mass is 35.5. The number of rotatable bonds is 4. The molecule has 180 valence electrons. The van der Waals surface area contributed by atoms with Crippen LogP contribution in [-0.4, -0.2) is 59.7 Å². The standard InChI is InChI=1S/C24H22ClN5O4S/c1-16-3-2-4-22(30(16)32)17-5-7-18(8-6-17)23(31)28-11-13-29(14-12-28)35(33,34)24-26-20-10-9-19(25)15-21(20)27-24/h2-10,15H,11-14H2,1H3,(H,26,27). The molecule has 0 radical (unpaired) electrons. The average molecular weight is 512 g/mol. The Labute approximate surface area is 207 Å². The first kappa shape index (κ1) is 23.3. The summed E-state index contributed by atoms with van der Waals surface area (Å²) >= 11 is 5.98. The van der Waals surface area contributed by atoms with Crippen molar-refractivity contribution >= 4 is 38.6 Å². The third kappa shape index (κ3) is 4.36. The minimum Gasteiger partial charge on any atom is -0.618 e. The van der Waals surface area contributed by atoms with Crippen LogP contribution in [0.1, 0.15) is 16.1 Å². The van der Waals surface area contributed by atoms with Crippen LogP contribution in [-0.2, 0) is 10.0 Å². The fraction of sp³-hybridized carbons (Fsp3) is 0.208. The number of nitrogens with one attached hydrogen (secondary N) is 1. The lowest BCUT2D eigenvalue weighted by molar-refractivity contribution is -0.600. The van der Waals surface area contributed by atoms with Gasteiger partial charge in [-0.2, -0.15) is 9.04 Å². The summed E-state index contributed by atoms with van der Waals surface area (Å²) in [5.41, 5.74) is 3.34. The number of pyridine rings is 1. The van der Waals surface area contributed by atoms with Crippen LogP contribution >= 0.6 is 11.6 Å². The number of aryl methyl sites for hydroxylation is 1. The molecule has 2 aromatic carbocycles. The fourth-order valence-corrected chi connectivity index (χ4v) is 5.63. The number of benzene rings is 2. The smallest absolute Gasteiger partial charge is 0.276 e. The maximum absolute atomic E-state index is 13.1. The number of H-pyrrole nitrogens is 1. The minimum absolute atomic E-state index is 0.142. The number of fused-ring (bicyclic) bond motifs is 1. The van der Waals surface area contributed by atoms with Gasteiger partial charge in [0, 0.05) is 61.4 Å². The number of piperazine rings is 1. The zero-order valence-electron chi connectivity index (χ0n) is 18.8. The monoisotopic (exact) mass is 511 g/mol. The first-order valence-electron chi connectivity index (χ1n) is 11.0. The van der Waals surface area contributed by atoms with Crippen molar-refractivity contribution in [3.63, 3.8) is 0 Å². The van der Waals surface area contributed by atoms with Gasteiger partial charge in [-0.3, -0.25) is 4.79 Å². The quantitative estimate of drug-likeness (QED) is 0.334. The molecule has 0 bridgehead atoms. The van der Waals surface area contributed by atoms with Crippen molar-refractivity contribution < 1.29 is 17.9 Å². The van der Waals surface area contributed by atoms with E-state index in [-0.39, 0.29) is 37.2 Å². The SMILES string of the molecule is Cc1cccc(-c2ccc(C(=O)N3CCN(S(=O)(=O)c4nc5ccc(Cl)cc5[nH]4)CC3)cc2)[n+]1[O-]. The molecular weight excluding hydrogens is 490 g/mol. The van der Waals surface area contributed by atoms with Crippen LogP contribution in [0.5, 0.6) is 0 Å². The van der Waals surface area contributed by atoms with E-state index in [1.807, 2.05) is 6.07 Å². The summed E-state index contributed by atoms with van der Waals surface area (Å²) in [5.74, 6) is -0.189. The van der Waals surface area contributed by atoms with E-state index < -0.39 is 10.0 Å². The summed E-state index contributed by atoms with van der Waals surface area (Å²) in [5, 5.41) is 12.6. The van der Waals surface area contributed by atoms with Crippen molar-refractivity contribution in [3.8, 4) is 11.3 Å². The zero-order valence-corrected chi connectivity index (χ0v) is 20.4. The van der Waals surface area contributed by atoms with Crippen LogP contribution in [0.25, 0.3) is 22.3 Å². The number of halogens is 1. The Kier molecular flexibility index (Phi) is 5.96. The van der Waals surface area contributed by atoms with Crippen molar-refractivity contribution in [1.82, 2.24) is 19.2 Å². The van der Waals surface area contributed by atoms with E-state index in [2.05, 4.69) is 9.97 Å². The number of hydrogen-bond acceptors (Lipinski definition) is 5. The number of carbonyl (C=O) groups is 1. The van der Waals surface area contributed by atoms with Gasteiger partial charge < -0.3 is 15.1 Å². The number of carbonyl (C=O) groups excluding carboxylic acids is 1. The van der Waals surface area contributed by atoms with Gasteiger partial charge in [0.15, 0.2) is 5.69 Å². The second kappa shape index (κ2) is 8.95. The minimum atomic E-state index is -3.84. The largest absolute Gasteiger partial charge is 0.618 e. The maximum Gasteiger partial charge on any atom is 0.276 e. The van der Waals surface area contributed by atoms with Gasteiger partial charge in [0.05, 0.1) is 11.0 Å². The van der Waals surface area contributed by atoms with Crippen LogP contribution in [0.4, 0.5) is 0 Å². The molecule has 0 aliphatic carbocycles. The van der Waals surface area contributed by atoms with Crippen LogP contribution in [0.2, 0.25) is 5.02 Å². The number of imidazole rings is 1. The molecule has 2 aromatic heterocycles. The molecule has 1 aliphatic rings. The van der Waals surface area contributed by atoms with E-state index in [1.54, 1.807) is 66.4 Å². The lowest BCUT2D eigenvalue weighted by Crippen LogP contribution is -2.50. The number of hydrogen-bond donors (Lipinski definition) is 1. The Bertz CT molecular complexity index is 1530. The lowest BCUT2D eigenvalue weighted by Gasteiger charge is -2.33.